The molecular weight excluding hydrogens is 709 g/mol. The number of ether oxygens (including phenoxy) is 1. The molecule has 0 radical (unpaired) electrons. The maximum Gasteiger partial charge on any atom is 0.425 e. The zero-order valence-corrected chi connectivity index (χ0v) is 30.6. The molecule has 0 unspecified atom stereocenters. The molecule has 0 saturated carbocycles. The highest BCUT2D eigenvalue weighted by Crippen LogP contribution is 2.33. The summed E-state index contributed by atoms with van der Waals surface area (Å²) >= 11 is 0. The van der Waals surface area contributed by atoms with Gasteiger partial charge in [-0.2, -0.15) is 20.5 Å². The van der Waals surface area contributed by atoms with Crippen LogP contribution in [0.25, 0.3) is 10.8 Å². The molecule has 0 aromatic heterocycles. The van der Waals surface area contributed by atoms with Crippen LogP contribution in [0.15, 0.2) is 105 Å². The number of carbonyl (C=O) groups is 1. The quantitative estimate of drug-likeness (QED) is 0.109. The van der Waals surface area contributed by atoms with Crippen molar-refractivity contribution < 1.29 is 34.8 Å². The Morgan fingerprint density at radius 2 is 1.19 bits per heavy atom. The van der Waals surface area contributed by atoms with E-state index >= 15 is 0 Å². The number of nitrogens with one attached hydrogen (secondary N) is 1. The number of nitrogen functional groups attached to an aromatic ring is 1. The van der Waals surface area contributed by atoms with E-state index < -0.39 is 21.2 Å². The third kappa shape index (κ3) is 12.3. The normalized spacial score (nSPS) is 10.6. The summed E-state index contributed by atoms with van der Waals surface area (Å²) in [5.74, 6) is 0.644. The van der Waals surface area contributed by atoms with Gasteiger partial charge in [-0.15, -0.1) is 25.3 Å². The highest BCUT2D eigenvalue weighted by atomic mass is 32.2. The van der Waals surface area contributed by atoms with Gasteiger partial charge >= 0.3 is 21.2 Å². The van der Waals surface area contributed by atoms with Crippen molar-refractivity contribution in [2.24, 2.45) is 20.5 Å². The second kappa shape index (κ2) is 19.3. The molecule has 5 aromatic carbocycles. The molecule has 0 heterocycles. The fraction of sp³-hybridized carbons (Fsp3) is 0.194. The summed E-state index contributed by atoms with van der Waals surface area (Å²) in [6.45, 7) is 10.6. The van der Waals surface area contributed by atoms with Crippen LogP contribution >= 0.6 is 0 Å². The van der Waals surface area contributed by atoms with Crippen molar-refractivity contribution in [3.05, 3.63) is 113 Å². The summed E-state index contributed by atoms with van der Waals surface area (Å²) in [7, 11) is -6.22. The molecule has 14 nitrogen and oxygen atoms in total. The van der Waals surface area contributed by atoms with Gasteiger partial charge in [0.2, 0.25) is 0 Å². The molecule has 5 rings (SSSR count). The zero-order chi connectivity index (χ0) is 38.4. The number of carbonyl (C=O) groups excluding carboxylic acids is 1. The van der Waals surface area contributed by atoms with E-state index in [4.69, 9.17) is 35.7 Å². The second-order valence-corrected chi connectivity index (χ2v) is 12.1. The number of hydrogen-bond acceptors (Lipinski definition) is 13. The van der Waals surface area contributed by atoms with Gasteiger partial charge < -0.3 is 15.8 Å². The highest BCUT2D eigenvalue weighted by molar-refractivity contribution is 7.59. The molecule has 0 aliphatic rings. The maximum atomic E-state index is 12.9. The van der Waals surface area contributed by atoms with E-state index in [1.807, 2.05) is 88.4 Å². The van der Waals surface area contributed by atoms with Gasteiger partial charge in [0.05, 0.1) is 29.4 Å². The minimum atomic E-state index is -3.11. The lowest BCUT2D eigenvalue weighted by atomic mass is 10.1. The standard InChI is InChI=1S/C36H36N6O2.2O3S/c1-6-16-44-35-9-7-8-27-21-29(14-15-30(27)35)38-36(43)26-10-12-28(13-11-26)39-40-33-19-25(5)34(20-24(33)4)42-41-32-18-22(2)31(37)17-23(32)3;2*1-4(2)3/h7-15,17-21H,6,16,37H2,1-5H3,(H,38,43);;. The van der Waals surface area contributed by atoms with Crippen molar-refractivity contribution in [1.82, 2.24) is 0 Å². The van der Waals surface area contributed by atoms with E-state index in [9.17, 15) is 4.79 Å². The number of rotatable bonds is 9. The summed E-state index contributed by atoms with van der Waals surface area (Å²) in [6.07, 6.45) is 0.941. The first-order valence-corrected chi connectivity index (χ1v) is 17.6. The number of fused-ring (bicyclic) bond motifs is 1. The number of azo groups is 2. The number of nitrogens with two attached hydrogens (primary N) is 1. The Hall–Kier alpha value is -6.13. The van der Waals surface area contributed by atoms with Crippen molar-refractivity contribution in [2.75, 3.05) is 17.7 Å². The lowest BCUT2D eigenvalue weighted by molar-refractivity contribution is 0.102. The van der Waals surface area contributed by atoms with Gasteiger partial charge in [0.25, 0.3) is 5.91 Å². The van der Waals surface area contributed by atoms with E-state index in [1.165, 1.54) is 0 Å². The second-order valence-electron chi connectivity index (χ2n) is 11.3. The maximum absolute atomic E-state index is 12.9. The van der Waals surface area contributed by atoms with Crippen molar-refractivity contribution in [2.45, 2.75) is 41.0 Å². The number of nitrogens with zero attached hydrogens (tertiary/aromatic N) is 4. The molecule has 0 fully saturated rings. The minimum Gasteiger partial charge on any atom is -0.493 e. The van der Waals surface area contributed by atoms with Gasteiger partial charge in [0.1, 0.15) is 5.75 Å². The summed E-state index contributed by atoms with van der Waals surface area (Å²) in [5.41, 5.74) is 14.7. The van der Waals surface area contributed by atoms with E-state index in [0.717, 1.165) is 67.9 Å². The summed E-state index contributed by atoms with van der Waals surface area (Å²) in [6, 6.07) is 26.5. The number of aryl methyl sites for hydroxylation is 4. The fourth-order valence-corrected chi connectivity index (χ4v) is 4.70. The molecule has 0 spiro atoms. The highest BCUT2D eigenvalue weighted by Gasteiger charge is 2.09. The zero-order valence-electron chi connectivity index (χ0n) is 28.9. The number of hydrogen-bond donors (Lipinski definition) is 2. The summed E-state index contributed by atoms with van der Waals surface area (Å²) in [4.78, 5) is 12.9. The van der Waals surface area contributed by atoms with Gasteiger partial charge in [-0.1, -0.05) is 19.1 Å². The van der Waals surface area contributed by atoms with Gasteiger partial charge in [-0.05, 0) is 135 Å². The van der Waals surface area contributed by atoms with Crippen molar-refractivity contribution in [3.63, 3.8) is 0 Å². The van der Waals surface area contributed by atoms with E-state index in [0.29, 0.717) is 23.5 Å². The van der Waals surface area contributed by atoms with Gasteiger partial charge in [-0.25, -0.2) is 0 Å². The van der Waals surface area contributed by atoms with E-state index in [2.05, 4.69) is 32.7 Å². The van der Waals surface area contributed by atoms with E-state index in [1.54, 1.807) is 24.3 Å². The van der Waals surface area contributed by atoms with Gasteiger partial charge in [0, 0.05) is 22.3 Å². The Morgan fingerprint density at radius 3 is 1.75 bits per heavy atom. The molecular formula is C36H36N6O8S2. The Balaban J connectivity index is 0.000000827. The molecule has 270 valence electrons. The predicted octanol–water partition coefficient (Wildman–Crippen LogP) is 8.52. The third-order valence-electron chi connectivity index (χ3n) is 7.33. The monoisotopic (exact) mass is 744 g/mol. The van der Waals surface area contributed by atoms with Crippen molar-refractivity contribution >= 4 is 72.0 Å². The molecule has 3 N–H and O–H groups in total. The Morgan fingerprint density at radius 1 is 0.673 bits per heavy atom. The lowest BCUT2D eigenvalue weighted by Gasteiger charge is -2.10. The molecule has 5 aromatic rings. The Kier molecular flexibility index (Phi) is 15.0. The lowest BCUT2D eigenvalue weighted by Crippen LogP contribution is -2.11. The van der Waals surface area contributed by atoms with Crippen LogP contribution in [-0.4, -0.2) is 37.8 Å². The van der Waals surface area contributed by atoms with Crippen molar-refractivity contribution in [1.29, 1.82) is 0 Å². The first kappa shape index (κ1) is 40.3. The Labute approximate surface area is 303 Å². The van der Waals surface area contributed by atoms with Crippen LogP contribution in [0.4, 0.5) is 34.1 Å². The van der Waals surface area contributed by atoms with Crippen LogP contribution in [0.5, 0.6) is 5.75 Å². The molecule has 52 heavy (non-hydrogen) atoms. The first-order valence-electron chi connectivity index (χ1n) is 15.6. The molecule has 16 heteroatoms. The van der Waals surface area contributed by atoms with Crippen LogP contribution in [0, 0.1) is 27.7 Å². The molecule has 0 atom stereocenters. The predicted molar refractivity (Wildman–Crippen MR) is 198 cm³/mol. The molecule has 1 amide bonds. The Bertz CT molecular complexity index is 2320. The van der Waals surface area contributed by atoms with Crippen molar-refractivity contribution in [3.8, 4) is 5.75 Å². The van der Waals surface area contributed by atoms with Crippen LogP contribution in [-0.2, 0) is 21.2 Å². The molecule has 0 aliphatic heterocycles. The smallest absolute Gasteiger partial charge is 0.425 e. The fourth-order valence-electron chi connectivity index (χ4n) is 4.70. The SMILES string of the molecule is CCCOc1cccc2cc(NC(=O)c3ccc(N=Nc4cc(C)c(N=Nc5cc(C)c(N)cc5C)cc4C)cc3)ccc12.O=S(=O)=O.O=S(=O)=O. The van der Waals surface area contributed by atoms with Gasteiger partial charge in [0.15, 0.2) is 0 Å². The van der Waals surface area contributed by atoms with Gasteiger partial charge in [-0.3, -0.25) is 4.79 Å². The van der Waals surface area contributed by atoms with Crippen LogP contribution < -0.4 is 15.8 Å². The topological polar surface area (TPSA) is 216 Å². The third-order valence-corrected chi connectivity index (χ3v) is 7.33. The minimum absolute atomic E-state index is 0.202. The average Bonchev–Trinajstić information content (AvgIpc) is 3.08. The number of amides is 1. The average molecular weight is 745 g/mol. The number of anilines is 2. The molecule has 0 bridgehead atoms. The van der Waals surface area contributed by atoms with Crippen LogP contribution in [0.3, 0.4) is 0 Å². The molecule has 0 aliphatic carbocycles. The van der Waals surface area contributed by atoms with E-state index in [-0.39, 0.29) is 5.91 Å². The van der Waals surface area contributed by atoms with Crippen LogP contribution in [0.1, 0.15) is 46.0 Å². The summed E-state index contributed by atoms with van der Waals surface area (Å²) < 4.78 is 56.5. The number of benzene rings is 5. The summed E-state index contributed by atoms with van der Waals surface area (Å²) in [5, 5.41) is 22.8. The molecule has 0 saturated heterocycles. The van der Waals surface area contributed by atoms with Crippen LogP contribution in [0.2, 0.25) is 0 Å². The first-order chi connectivity index (χ1) is 24.7. The largest absolute Gasteiger partial charge is 0.493 e.